The molecule has 0 amide bonds. The largest absolute Gasteiger partial charge is 0.479 e. The lowest BCUT2D eigenvalue weighted by atomic mass is 10.1. The van der Waals surface area contributed by atoms with E-state index in [1.54, 1.807) is 49.7 Å². The lowest BCUT2D eigenvalue weighted by molar-refractivity contribution is -0.147. The van der Waals surface area contributed by atoms with Crippen molar-refractivity contribution in [1.82, 2.24) is 4.98 Å². The van der Waals surface area contributed by atoms with Crippen LogP contribution in [0.4, 0.5) is 0 Å². The van der Waals surface area contributed by atoms with Crippen LogP contribution in [0.2, 0.25) is 0 Å². The predicted molar refractivity (Wildman–Crippen MR) is 85.7 cm³/mol. The molecule has 3 rings (SSSR count). The number of hydrogen-bond donors (Lipinski definition) is 0. The van der Waals surface area contributed by atoms with Crippen LogP contribution in [-0.2, 0) is 9.53 Å². The SMILES string of the molecule is COC(=O)C(C)Oc1ccc2c(c1)O/C(=C\c1cccnc1)C2=O. The van der Waals surface area contributed by atoms with Gasteiger partial charge in [0.1, 0.15) is 11.5 Å². The van der Waals surface area contributed by atoms with Crippen molar-refractivity contribution in [2.75, 3.05) is 7.11 Å². The molecule has 1 aromatic heterocycles. The van der Waals surface area contributed by atoms with Gasteiger partial charge in [0.25, 0.3) is 0 Å². The molecule has 1 atom stereocenters. The lowest BCUT2D eigenvalue weighted by Gasteiger charge is -2.12. The molecule has 2 aromatic rings. The monoisotopic (exact) mass is 325 g/mol. The number of hydrogen-bond acceptors (Lipinski definition) is 6. The zero-order valence-corrected chi connectivity index (χ0v) is 13.2. The summed E-state index contributed by atoms with van der Waals surface area (Å²) < 4.78 is 15.7. The number of esters is 1. The Morgan fingerprint density at radius 1 is 1.33 bits per heavy atom. The van der Waals surface area contributed by atoms with Crippen LogP contribution in [0.3, 0.4) is 0 Å². The third-order valence-corrected chi connectivity index (χ3v) is 3.47. The number of benzene rings is 1. The number of nitrogens with zero attached hydrogens (tertiary/aromatic N) is 1. The highest BCUT2D eigenvalue weighted by Crippen LogP contribution is 2.35. The zero-order valence-electron chi connectivity index (χ0n) is 13.2. The minimum Gasteiger partial charge on any atom is -0.479 e. The molecule has 0 N–H and O–H groups in total. The van der Waals surface area contributed by atoms with Gasteiger partial charge < -0.3 is 14.2 Å². The Morgan fingerprint density at radius 3 is 2.88 bits per heavy atom. The maximum absolute atomic E-state index is 12.4. The predicted octanol–water partition coefficient (Wildman–Crippen LogP) is 2.64. The van der Waals surface area contributed by atoms with E-state index in [0.717, 1.165) is 5.56 Å². The van der Waals surface area contributed by atoms with Gasteiger partial charge in [-0.2, -0.15) is 0 Å². The van der Waals surface area contributed by atoms with E-state index in [4.69, 9.17) is 9.47 Å². The molecule has 0 bridgehead atoms. The molecule has 24 heavy (non-hydrogen) atoms. The summed E-state index contributed by atoms with van der Waals surface area (Å²) in [5, 5.41) is 0. The Balaban J connectivity index is 1.82. The van der Waals surface area contributed by atoms with Crippen LogP contribution in [0.25, 0.3) is 6.08 Å². The Kier molecular flexibility index (Phi) is 4.29. The van der Waals surface area contributed by atoms with E-state index < -0.39 is 12.1 Å². The smallest absolute Gasteiger partial charge is 0.346 e. The Morgan fingerprint density at radius 2 is 2.17 bits per heavy atom. The molecule has 122 valence electrons. The van der Waals surface area contributed by atoms with Crippen LogP contribution < -0.4 is 9.47 Å². The Bertz CT molecular complexity index is 813. The minimum atomic E-state index is -0.754. The van der Waals surface area contributed by atoms with Gasteiger partial charge in [0.05, 0.1) is 12.7 Å². The highest BCUT2D eigenvalue weighted by Gasteiger charge is 2.28. The van der Waals surface area contributed by atoms with Gasteiger partial charge in [-0.25, -0.2) is 4.79 Å². The third kappa shape index (κ3) is 3.12. The molecule has 2 heterocycles. The number of Topliss-reactive ketones (excluding diaryl/α,β-unsaturated/α-hetero) is 1. The van der Waals surface area contributed by atoms with E-state index in [0.29, 0.717) is 17.1 Å². The summed E-state index contributed by atoms with van der Waals surface area (Å²) in [4.78, 5) is 27.8. The fraction of sp³-hybridized carbons (Fsp3) is 0.167. The number of ketones is 1. The molecular weight excluding hydrogens is 310 g/mol. The molecule has 0 saturated carbocycles. The molecule has 0 spiro atoms. The number of aromatic nitrogens is 1. The molecule has 1 aliphatic heterocycles. The molecule has 1 aromatic carbocycles. The summed E-state index contributed by atoms with van der Waals surface area (Å²) in [6.45, 7) is 1.58. The molecule has 0 aliphatic carbocycles. The Labute approximate surface area is 138 Å². The Hall–Kier alpha value is -3.15. The van der Waals surface area contributed by atoms with Crippen LogP contribution >= 0.6 is 0 Å². The van der Waals surface area contributed by atoms with Crippen molar-refractivity contribution < 1.29 is 23.8 Å². The van der Waals surface area contributed by atoms with E-state index in [1.165, 1.54) is 7.11 Å². The molecule has 0 saturated heterocycles. The van der Waals surface area contributed by atoms with Gasteiger partial charge in [-0.1, -0.05) is 6.07 Å². The van der Waals surface area contributed by atoms with Crippen LogP contribution in [0.5, 0.6) is 11.5 Å². The van der Waals surface area contributed by atoms with Crippen molar-refractivity contribution >= 4 is 17.8 Å². The maximum Gasteiger partial charge on any atom is 0.346 e. The van der Waals surface area contributed by atoms with Gasteiger partial charge in [-0.3, -0.25) is 9.78 Å². The van der Waals surface area contributed by atoms with Crippen molar-refractivity contribution in [1.29, 1.82) is 0 Å². The minimum absolute atomic E-state index is 0.207. The molecule has 1 aliphatic rings. The van der Waals surface area contributed by atoms with Crippen LogP contribution in [0.15, 0.2) is 48.5 Å². The lowest BCUT2D eigenvalue weighted by Crippen LogP contribution is -2.24. The average Bonchev–Trinajstić information content (AvgIpc) is 2.90. The fourth-order valence-electron chi connectivity index (χ4n) is 2.27. The zero-order chi connectivity index (χ0) is 17.1. The second-order valence-electron chi connectivity index (χ2n) is 5.17. The summed E-state index contributed by atoms with van der Waals surface area (Å²) in [5.74, 6) is 0.342. The number of allylic oxidation sites excluding steroid dienone is 1. The normalized spacial score (nSPS) is 15.6. The van der Waals surface area contributed by atoms with E-state index >= 15 is 0 Å². The van der Waals surface area contributed by atoms with E-state index in [2.05, 4.69) is 9.72 Å². The van der Waals surface area contributed by atoms with Crippen molar-refractivity contribution in [2.24, 2.45) is 0 Å². The van der Waals surface area contributed by atoms with E-state index in [9.17, 15) is 9.59 Å². The van der Waals surface area contributed by atoms with Gasteiger partial charge in [0.2, 0.25) is 5.78 Å². The summed E-state index contributed by atoms with van der Waals surface area (Å²) in [5.41, 5.74) is 1.22. The van der Waals surface area contributed by atoms with Crippen LogP contribution in [-0.4, -0.2) is 30.0 Å². The fourth-order valence-corrected chi connectivity index (χ4v) is 2.27. The first-order valence-electron chi connectivity index (χ1n) is 7.31. The topological polar surface area (TPSA) is 74.7 Å². The first-order valence-corrected chi connectivity index (χ1v) is 7.31. The highest BCUT2D eigenvalue weighted by atomic mass is 16.6. The molecular formula is C18H15NO5. The van der Waals surface area contributed by atoms with Gasteiger partial charge in [0, 0.05) is 18.5 Å². The number of carbonyl (C=O) groups excluding carboxylic acids is 2. The third-order valence-electron chi connectivity index (χ3n) is 3.47. The molecule has 6 nitrogen and oxygen atoms in total. The number of rotatable bonds is 4. The highest BCUT2D eigenvalue weighted by molar-refractivity contribution is 6.14. The van der Waals surface area contributed by atoms with Crippen LogP contribution in [0.1, 0.15) is 22.8 Å². The van der Waals surface area contributed by atoms with Gasteiger partial charge in [-0.15, -0.1) is 0 Å². The molecule has 0 radical (unpaired) electrons. The van der Waals surface area contributed by atoms with Crippen LogP contribution in [0, 0.1) is 0 Å². The second-order valence-corrected chi connectivity index (χ2v) is 5.17. The average molecular weight is 325 g/mol. The summed E-state index contributed by atoms with van der Waals surface area (Å²) >= 11 is 0. The molecule has 6 heteroatoms. The number of fused-ring (bicyclic) bond motifs is 1. The van der Waals surface area contributed by atoms with E-state index in [-0.39, 0.29) is 11.5 Å². The first-order chi connectivity index (χ1) is 11.6. The molecule has 1 unspecified atom stereocenters. The number of pyridine rings is 1. The quantitative estimate of drug-likeness (QED) is 0.635. The maximum atomic E-state index is 12.4. The van der Waals surface area contributed by atoms with Crippen molar-refractivity contribution in [3.05, 3.63) is 59.6 Å². The first kappa shape index (κ1) is 15.7. The van der Waals surface area contributed by atoms with Gasteiger partial charge in [0.15, 0.2) is 11.9 Å². The summed E-state index contributed by atoms with van der Waals surface area (Å²) in [6.07, 6.45) is 4.17. The van der Waals surface area contributed by atoms with E-state index in [1.807, 2.05) is 6.07 Å². The number of carbonyl (C=O) groups is 2. The number of methoxy groups -OCH3 is 1. The second kappa shape index (κ2) is 6.54. The van der Waals surface area contributed by atoms with Crippen molar-refractivity contribution in [3.63, 3.8) is 0 Å². The van der Waals surface area contributed by atoms with Crippen molar-refractivity contribution in [3.8, 4) is 11.5 Å². The van der Waals surface area contributed by atoms with Crippen molar-refractivity contribution in [2.45, 2.75) is 13.0 Å². The standard InChI is InChI=1S/C18H15NO5/c1-11(18(21)22-2)23-13-5-6-14-15(9-13)24-16(17(14)20)8-12-4-3-7-19-10-12/h3-11H,1-2H3/b16-8-. The molecule has 0 fully saturated rings. The van der Waals surface area contributed by atoms with Gasteiger partial charge >= 0.3 is 5.97 Å². The van der Waals surface area contributed by atoms with Gasteiger partial charge in [-0.05, 0) is 36.8 Å². The summed E-state index contributed by atoms with van der Waals surface area (Å²) in [6, 6.07) is 8.41. The number of ether oxygens (including phenoxy) is 3. The summed E-state index contributed by atoms with van der Waals surface area (Å²) in [7, 11) is 1.29.